The van der Waals surface area contributed by atoms with Crippen LogP contribution in [0.4, 0.5) is 13.2 Å². The summed E-state index contributed by atoms with van der Waals surface area (Å²) in [5.41, 5.74) is 0.422. The van der Waals surface area contributed by atoms with E-state index in [-0.39, 0.29) is 11.5 Å². The van der Waals surface area contributed by atoms with Gasteiger partial charge in [-0.3, -0.25) is 0 Å². The third-order valence-corrected chi connectivity index (χ3v) is 4.29. The molecular weight excluding hydrogens is 387 g/mol. The zero-order valence-electron chi connectivity index (χ0n) is 13.7. The molecule has 0 aliphatic heterocycles. The molecule has 0 aliphatic carbocycles. The molecule has 0 saturated carbocycles. The van der Waals surface area contributed by atoms with Gasteiger partial charge in [-0.05, 0) is 36.4 Å². The summed E-state index contributed by atoms with van der Waals surface area (Å²) in [5.74, 6) is -0.931. The van der Waals surface area contributed by atoms with Crippen molar-refractivity contribution in [3.63, 3.8) is 0 Å². The molecule has 0 amide bonds. The number of hydrogen-bond donors (Lipinski definition) is 1. The second-order valence-electron chi connectivity index (χ2n) is 5.30. The van der Waals surface area contributed by atoms with Crippen LogP contribution in [0.3, 0.4) is 0 Å². The predicted octanol–water partition coefficient (Wildman–Crippen LogP) is 2.00. The van der Waals surface area contributed by atoms with Gasteiger partial charge in [-0.25, -0.2) is 28.2 Å². The van der Waals surface area contributed by atoms with Crippen LogP contribution in [0.15, 0.2) is 47.6 Å². The number of nitrogens with two attached hydrogens (primary N) is 1. The molecule has 0 radical (unpaired) electrons. The number of primary sulfonamides is 1. The third kappa shape index (κ3) is 3.90. The summed E-state index contributed by atoms with van der Waals surface area (Å²) >= 11 is 0. The number of nitrogens with zero attached hydrogens (tertiary/aromatic N) is 4. The van der Waals surface area contributed by atoms with Crippen LogP contribution in [-0.2, 0) is 16.2 Å². The van der Waals surface area contributed by atoms with Crippen LogP contribution in [0.5, 0.6) is 5.75 Å². The van der Waals surface area contributed by atoms with Crippen molar-refractivity contribution >= 4 is 10.0 Å². The first-order chi connectivity index (χ1) is 12.6. The number of aromatic nitrogens is 4. The number of hydrogen-bond acceptors (Lipinski definition) is 6. The number of benzene rings is 1. The van der Waals surface area contributed by atoms with Gasteiger partial charge >= 0.3 is 6.18 Å². The van der Waals surface area contributed by atoms with E-state index in [0.717, 1.165) is 16.9 Å². The summed E-state index contributed by atoms with van der Waals surface area (Å²) in [6, 6.07) is 8.46. The lowest BCUT2D eigenvalue weighted by Gasteiger charge is -2.07. The summed E-state index contributed by atoms with van der Waals surface area (Å²) in [6.07, 6.45) is -3.72. The van der Waals surface area contributed by atoms with Gasteiger partial charge in [-0.1, -0.05) is 0 Å². The van der Waals surface area contributed by atoms with Crippen molar-refractivity contribution in [1.82, 2.24) is 19.7 Å². The van der Waals surface area contributed by atoms with Gasteiger partial charge in [0.05, 0.1) is 19.0 Å². The Labute approximate surface area is 151 Å². The second-order valence-corrected chi connectivity index (χ2v) is 6.81. The van der Waals surface area contributed by atoms with Gasteiger partial charge in [-0.2, -0.15) is 13.2 Å². The Kier molecular flexibility index (Phi) is 4.61. The third-order valence-electron chi connectivity index (χ3n) is 3.47. The number of alkyl halides is 3. The topological polar surface area (TPSA) is 113 Å². The number of rotatable bonds is 4. The molecule has 0 fully saturated rings. The van der Waals surface area contributed by atoms with E-state index in [2.05, 4.69) is 15.1 Å². The van der Waals surface area contributed by atoms with Crippen molar-refractivity contribution in [1.29, 1.82) is 0 Å². The van der Waals surface area contributed by atoms with Crippen molar-refractivity contribution in [2.75, 3.05) is 7.11 Å². The standard InChI is InChI=1S/C15H12F3N5O3S/c1-26-11-5-2-9(3-6-11)13-21-14(15(16,17)18)22-23(13)10-4-7-12(20-8-10)27(19,24)25/h2-8H,1H3,(H2,19,24,25). The maximum Gasteiger partial charge on any atom is 0.453 e. The van der Waals surface area contributed by atoms with Crippen LogP contribution in [-0.4, -0.2) is 35.3 Å². The molecule has 0 unspecified atom stereocenters. The van der Waals surface area contributed by atoms with E-state index >= 15 is 0 Å². The fraction of sp³-hybridized carbons (Fsp3) is 0.133. The average Bonchev–Trinajstić information content (AvgIpc) is 3.07. The minimum Gasteiger partial charge on any atom is -0.497 e. The summed E-state index contributed by atoms with van der Waals surface area (Å²) in [4.78, 5) is 7.23. The van der Waals surface area contributed by atoms with Crippen molar-refractivity contribution in [2.45, 2.75) is 11.2 Å². The molecule has 1 aromatic carbocycles. The summed E-state index contributed by atoms with van der Waals surface area (Å²) in [5, 5.41) is 8.04. The first-order valence-electron chi connectivity index (χ1n) is 7.27. The molecule has 2 heterocycles. The molecule has 0 aliphatic rings. The van der Waals surface area contributed by atoms with Gasteiger partial charge < -0.3 is 4.74 Å². The van der Waals surface area contributed by atoms with Crippen molar-refractivity contribution in [3.05, 3.63) is 48.4 Å². The van der Waals surface area contributed by atoms with Gasteiger partial charge in [0.15, 0.2) is 10.9 Å². The molecule has 3 rings (SSSR count). The Hall–Kier alpha value is -2.99. The Balaban J connectivity index is 2.14. The molecule has 2 N–H and O–H groups in total. The number of halogens is 3. The maximum atomic E-state index is 13.1. The molecule has 3 aromatic rings. The molecule has 0 atom stereocenters. The van der Waals surface area contributed by atoms with Crippen molar-refractivity contribution < 1.29 is 26.3 Å². The van der Waals surface area contributed by atoms with Crippen LogP contribution in [0.25, 0.3) is 17.1 Å². The first-order valence-corrected chi connectivity index (χ1v) is 8.82. The average molecular weight is 399 g/mol. The highest BCUT2D eigenvalue weighted by atomic mass is 32.2. The van der Waals surface area contributed by atoms with Gasteiger partial charge in [-0.15, -0.1) is 5.10 Å². The molecule has 0 saturated heterocycles. The van der Waals surface area contributed by atoms with Crippen molar-refractivity contribution in [3.8, 4) is 22.8 Å². The zero-order chi connectivity index (χ0) is 19.8. The Morgan fingerprint density at radius 1 is 1.11 bits per heavy atom. The largest absolute Gasteiger partial charge is 0.497 e. The van der Waals surface area contributed by atoms with Gasteiger partial charge in [0.25, 0.3) is 15.8 Å². The molecule has 12 heteroatoms. The molecule has 0 spiro atoms. The van der Waals surface area contributed by atoms with Crippen LogP contribution < -0.4 is 9.88 Å². The van der Waals surface area contributed by atoms with Crippen LogP contribution in [0, 0.1) is 0 Å². The van der Waals surface area contributed by atoms with Crippen molar-refractivity contribution in [2.24, 2.45) is 5.14 Å². The fourth-order valence-corrected chi connectivity index (χ4v) is 2.66. The highest BCUT2D eigenvalue weighted by molar-refractivity contribution is 7.89. The maximum absolute atomic E-state index is 13.1. The van der Waals surface area contributed by atoms with Gasteiger partial charge in [0, 0.05) is 5.56 Å². The lowest BCUT2D eigenvalue weighted by molar-refractivity contribution is -0.144. The highest BCUT2D eigenvalue weighted by Gasteiger charge is 2.37. The predicted molar refractivity (Wildman–Crippen MR) is 87.5 cm³/mol. The lowest BCUT2D eigenvalue weighted by Crippen LogP contribution is -2.14. The highest BCUT2D eigenvalue weighted by Crippen LogP contribution is 2.30. The van der Waals surface area contributed by atoms with Crippen LogP contribution in [0.2, 0.25) is 0 Å². The quantitative estimate of drug-likeness (QED) is 0.718. The number of methoxy groups -OCH3 is 1. The minimum atomic E-state index is -4.76. The molecule has 2 aromatic heterocycles. The normalized spacial score (nSPS) is 12.2. The molecule has 0 bridgehead atoms. The van der Waals surface area contributed by atoms with E-state index in [9.17, 15) is 21.6 Å². The summed E-state index contributed by atoms with van der Waals surface area (Å²) < 4.78 is 67.8. The monoisotopic (exact) mass is 399 g/mol. The zero-order valence-corrected chi connectivity index (χ0v) is 14.5. The summed E-state index contributed by atoms with van der Waals surface area (Å²) in [7, 11) is -2.58. The minimum absolute atomic E-state index is 0.0798. The fourth-order valence-electron chi connectivity index (χ4n) is 2.21. The Morgan fingerprint density at radius 3 is 2.26 bits per heavy atom. The van der Waals surface area contributed by atoms with Gasteiger partial charge in [0.1, 0.15) is 5.75 Å². The van der Waals surface area contributed by atoms with E-state index in [4.69, 9.17) is 9.88 Å². The van der Waals surface area contributed by atoms with E-state index in [0.29, 0.717) is 11.3 Å². The first kappa shape index (κ1) is 18.8. The Morgan fingerprint density at radius 2 is 1.78 bits per heavy atom. The van der Waals surface area contributed by atoms with E-state index in [1.54, 1.807) is 12.1 Å². The molecule has 142 valence electrons. The number of sulfonamides is 1. The van der Waals surface area contributed by atoms with Crippen LogP contribution in [0.1, 0.15) is 5.82 Å². The van der Waals surface area contributed by atoms with E-state index < -0.39 is 27.0 Å². The summed E-state index contributed by atoms with van der Waals surface area (Å²) in [6.45, 7) is 0. The lowest BCUT2D eigenvalue weighted by atomic mass is 10.2. The second kappa shape index (κ2) is 6.63. The Bertz CT molecular complexity index is 1060. The smallest absolute Gasteiger partial charge is 0.453 e. The SMILES string of the molecule is COc1ccc(-c2nc(C(F)(F)F)nn2-c2ccc(S(N)(=O)=O)nc2)cc1. The number of pyridine rings is 1. The van der Waals surface area contributed by atoms with Crippen LogP contribution >= 0.6 is 0 Å². The van der Waals surface area contributed by atoms with E-state index in [1.165, 1.54) is 25.3 Å². The molecule has 27 heavy (non-hydrogen) atoms. The number of ether oxygens (including phenoxy) is 1. The van der Waals surface area contributed by atoms with Gasteiger partial charge in [0.2, 0.25) is 0 Å². The molecular formula is C15H12F3N5O3S. The van der Waals surface area contributed by atoms with E-state index in [1.807, 2.05) is 0 Å². The molecule has 8 nitrogen and oxygen atoms in total.